The highest BCUT2D eigenvalue weighted by molar-refractivity contribution is 5.96. The largest absolute Gasteiger partial charge is 0.341 e. The van der Waals surface area contributed by atoms with Gasteiger partial charge in [-0.1, -0.05) is 77.9 Å². The third-order valence-electron chi connectivity index (χ3n) is 4.46. The second-order valence-corrected chi connectivity index (χ2v) is 6.55. The van der Waals surface area contributed by atoms with Gasteiger partial charge in [0.15, 0.2) is 0 Å². The molecule has 0 saturated carbocycles. The molecule has 2 nitrogen and oxygen atoms in total. The van der Waals surface area contributed by atoms with Gasteiger partial charge in [0.2, 0.25) is 0 Å². The topological polar surface area (TPSA) is 29.1 Å². The Balaban J connectivity index is 1.96. The van der Waals surface area contributed by atoms with Gasteiger partial charge in [0, 0.05) is 5.56 Å². The summed E-state index contributed by atoms with van der Waals surface area (Å²) in [6.07, 6.45) is 0. The molecule has 1 N–H and O–H groups in total. The third kappa shape index (κ3) is 3.97. The lowest BCUT2D eigenvalue weighted by atomic mass is 9.97. The molecule has 126 valence electrons. The van der Waals surface area contributed by atoms with Crippen molar-refractivity contribution in [1.82, 2.24) is 5.32 Å². The summed E-state index contributed by atoms with van der Waals surface area (Å²) in [5.41, 5.74) is 6.16. The highest BCUT2D eigenvalue weighted by Crippen LogP contribution is 2.23. The van der Waals surface area contributed by atoms with Gasteiger partial charge in [-0.25, -0.2) is 0 Å². The van der Waals surface area contributed by atoms with E-state index in [9.17, 15) is 4.79 Å². The molecular formula is C23H23NO. The molecule has 0 aromatic heterocycles. The fourth-order valence-electron chi connectivity index (χ4n) is 2.95. The average Bonchev–Trinajstić information content (AvgIpc) is 2.63. The molecule has 3 aromatic rings. The number of aryl methyl sites for hydroxylation is 3. The quantitative estimate of drug-likeness (QED) is 0.706. The van der Waals surface area contributed by atoms with Gasteiger partial charge in [0.1, 0.15) is 0 Å². The molecule has 2 heteroatoms. The molecule has 1 unspecified atom stereocenters. The molecule has 0 saturated heterocycles. The van der Waals surface area contributed by atoms with Gasteiger partial charge in [-0.05, 0) is 43.5 Å². The van der Waals surface area contributed by atoms with Gasteiger partial charge in [-0.15, -0.1) is 0 Å². The van der Waals surface area contributed by atoms with Crippen LogP contribution in [0.2, 0.25) is 0 Å². The van der Waals surface area contributed by atoms with Crippen molar-refractivity contribution in [3.05, 3.63) is 106 Å². The van der Waals surface area contributed by atoms with Crippen LogP contribution in [0, 0.1) is 20.8 Å². The highest BCUT2D eigenvalue weighted by Gasteiger charge is 2.18. The summed E-state index contributed by atoms with van der Waals surface area (Å²) in [6, 6.07) is 24.2. The number of carbonyl (C=O) groups excluding carboxylic acids is 1. The standard InChI is InChI=1S/C23H23NO/c1-16-10-13-20(14-11-16)22(19-7-5-4-6-8-19)24-23(25)21-15-17(2)9-12-18(21)3/h4-15,22H,1-3H3,(H,24,25). The number of amides is 1. The van der Waals surface area contributed by atoms with Gasteiger partial charge >= 0.3 is 0 Å². The molecule has 0 fully saturated rings. The van der Waals surface area contributed by atoms with Gasteiger partial charge in [0.05, 0.1) is 6.04 Å². The zero-order valence-electron chi connectivity index (χ0n) is 14.9. The summed E-state index contributed by atoms with van der Waals surface area (Å²) in [5, 5.41) is 3.21. The van der Waals surface area contributed by atoms with Crippen LogP contribution in [0.3, 0.4) is 0 Å². The maximum atomic E-state index is 12.9. The van der Waals surface area contributed by atoms with Crippen LogP contribution in [0.4, 0.5) is 0 Å². The molecule has 0 radical (unpaired) electrons. The first-order chi connectivity index (χ1) is 12.0. The zero-order chi connectivity index (χ0) is 17.8. The van der Waals surface area contributed by atoms with E-state index < -0.39 is 0 Å². The van der Waals surface area contributed by atoms with E-state index in [1.165, 1.54) is 5.56 Å². The van der Waals surface area contributed by atoms with Crippen molar-refractivity contribution in [3.8, 4) is 0 Å². The number of benzene rings is 3. The van der Waals surface area contributed by atoms with Crippen molar-refractivity contribution in [1.29, 1.82) is 0 Å². The molecule has 3 rings (SSSR count). The van der Waals surface area contributed by atoms with E-state index in [0.29, 0.717) is 0 Å². The maximum absolute atomic E-state index is 12.9. The minimum atomic E-state index is -0.172. The zero-order valence-corrected chi connectivity index (χ0v) is 14.9. The lowest BCUT2D eigenvalue weighted by molar-refractivity contribution is 0.0942. The monoisotopic (exact) mass is 329 g/mol. The summed E-state index contributed by atoms with van der Waals surface area (Å²) in [7, 11) is 0. The molecule has 1 atom stereocenters. The van der Waals surface area contributed by atoms with Crippen LogP contribution in [0.5, 0.6) is 0 Å². The first-order valence-corrected chi connectivity index (χ1v) is 8.54. The predicted molar refractivity (Wildman–Crippen MR) is 103 cm³/mol. The van der Waals surface area contributed by atoms with E-state index in [4.69, 9.17) is 0 Å². The highest BCUT2D eigenvalue weighted by atomic mass is 16.1. The van der Waals surface area contributed by atoms with Crippen LogP contribution in [0.1, 0.15) is 44.2 Å². The van der Waals surface area contributed by atoms with Crippen molar-refractivity contribution in [3.63, 3.8) is 0 Å². The average molecular weight is 329 g/mol. The van der Waals surface area contributed by atoms with Crippen LogP contribution < -0.4 is 5.32 Å². The lowest BCUT2D eigenvalue weighted by Gasteiger charge is -2.21. The van der Waals surface area contributed by atoms with Crippen molar-refractivity contribution in [2.45, 2.75) is 26.8 Å². The number of hydrogen-bond donors (Lipinski definition) is 1. The number of nitrogens with one attached hydrogen (secondary N) is 1. The summed E-state index contributed by atoms with van der Waals surface area (Å²) < 4.78 is 0. The number of carbonyl (C=O) groups is 1. The van der Waals surface area contributed by atoms with E-state index in [0.717, 1.165) is 27.8 Å². The fraction of sp³-hybridized carbons (Fsp3) is 0.174. The molecule has 25 heavy (non-hydrogen) atoms. The van der Waals surface area contributed by atoms with E-state index in [1.54, 1.807) is 0 Å². The summed E-state index contributed by atoms with van der Waals surface area (Å²) in [5.74, 6) is -0.0457. The Morgan fingerprint density at radius 2 is 1.36 bits per heavy atom. The molecule has 0 bridgehead atoms. The van der Waals surface area contributed by atoms with Gasteiger partial charge in [-0.3, -0.25) is 4.79 Å². The second-order valence-electron chi connectivity index (χ2n) is 6.55. The van der Waals surface area contributed by atoms with E-state index in [2.05, 4.69) is 36.5 Å². The maximum Gasteiger partial charge on any atom is 0.252 e. The second kappa shape index (κ2) is 7.35. The minimum absolute atomic E-state index is 0.0457. The summed E-state index contributed by atoms with van der Waals surface area (Å²) >= 11 is 0. The van der Waals surface area contributed by atoms with Crippen LogP contribution in [0.15, 0.2) is 72.8 Å². The van der Waals surface area contributed by atoms with Gasteiger partial charge in [0.25, 0.3) is 5.91 Å². The summed E-state index contributed by atoms with van der Waals surface area (Å²) in [6.45, 7) is 6.04. The van der Waals surface area contributed by atoms with Crippen molar-refractivity contribution < 1.29 is 4.79 Å². The lowest BCUT2D eigenvalue weighted by Crippen LogP contribution is -2.30. The summed E-state index contributed by atoms with van der Waals surface area (Å²) in [4.78, 5) is 12.9. The Kier molecular flexibility index (Phi) is 4.99. The van der Waals surface area contributed by atoms with Crippen molar-refractivity contribution in [2.24, 2.45) is 0 Å². The minimum Gasteiger partial charge on any atom is -0.341 e. The normalized spacial score (nSPS) is 11.8. The van der Waals surface area contributed by atoms with E-state index >= 15 is 0 Å². The Morgan fingerprint density at radius 3 is 2.04 bits per heavy atom. The Morgan fingerprint density at radius 1 is 0.760 bits per heavy atom. The predicted octanol–water partition coefficient (Wildman–Crippen LogP) is 5.13. The fourth-order valence-corrected chi connectivity index (χ4v) is 2.95. The first kappa shape index (κ1) is 17.0. The molecule has 0 aliphatic heterocycles. The van der Waals surface area contributed by atoms with Crippen molar-refractivity contribution >= 4 is 5.91 Å². The van der Waals surface area contributed by atoms with Crippen LogP contribution in [-0.2, 0) is 0 Å². The number of rotatable bonds is 4. The molecule has 1 amide bonds. The Bertz CT molecular complexity index is 866. The number of hydrogen-bond acceptors (Lipinski definition) is 1. The molecule has 0 heterocycles. The van der Waals surface area contributed by atoms with Gasteiger partial charge in [-0.2, -0.15) is 0 Å². The molecule has 0 aliphatic rings. The smallest absolute Gasteiger partial charge is 0.252 e. The van der Waals surface area contributed by atoms with Crippen molar-refractivity contribution in [2.75, 3.05) is 0 Å². The van der Waals surface area contributed by atoms with Crippen LogP contribution >= 0.6 is 0 Å². The van der Waals surface area contributed by atoms with Crippen LogP contribution in [0.25, 0.3) is 0 Å². The Hall–Kier alpha value is -2.87. The SMILES string of the molecule is Cc1ccc(C(NC(=O)c2cc(C)ccc2C)c2ccccc2)cc1. The molecule has 3 aromatic carbocycles. The van der Waals surface area contributed by atoms with Crippen LogP contribution in [-0.4, -0.2) is 5.91 Å². The van der Waals surface area contributed by atoms with E-state index in [-0.39, 0.29) is 11.9 Å². The third-order valence-corrected chi connectivity index (χ3v) is 4.46. The van der Waals surface area contributed by atoms with Gasteiger partial charge < -0.3 is 5.32 Å². The first-order valence-electron chi connectivity index (χ1n) is 8.54. The molecule has 0 spiro atoms. The van der Waals surface area contributed by atoms with E-state index in [1.807, 2.05) is 62.4 Å². The molecular weight excluding hydrogens is 306 g/mol. The Labute approximate surface area is 149 Å². The molecule has 0 aliphatic carbocycles.